The Morgan fingerprint density at radius 3 is 2.64 bits per heavy atom. The van der Waals surface area contributed by atoms with E-state index in [1.807, 2.05) is 25.1 Å². The van der Waals surface area contributed by atoms with E-state index < -0.39 is 0 Å². The zero-order chi connectivity index (χ0) is 15.4. The van der Waals surface area contributed by atoms with Crippen LogP contribution in [-0.4, -0.2) is 23.4 Å². The molecule has 2 fully saturated rings. The van der Waals surface area contributed by atoms with Crippen molar-refractivity contribution in [2.24, 2.45) is 10.8 Å². The van der Waals surface area contributed by atoms with Crippen molar-refractivity contribution in [3.05, 3.63) is 29.3 Å². The molecule has 1 aromatic carbocycles. The molecule has 1 saturated carbocycles. The molecule has 2 unspecified atom stereocenters. The number of fused-ring (bicyclic) bond motifs is 2. The Morgan fingerprint density at radius 1 is 1.27 bits per heavy atom. The number of rotatable bonds is 1. The van der Waals surface area contributed by atoms with Gasteiger partial charge >= 0.3 is 0 Å². The van der Waals surface area contributed by atoms with Gasteiger partial charge in [-0.2, -0.15) is 0 Å². The van der Waals surface area contributed by atoms with Gasteiger partial charge in [-0.05, 0) is 54.7 Å². The van der Waals surface area contributed by atoms with Crippen molar-refractivity contribution < 1.29 is 4.79 Å². The average Bonchev–Trinajstić information content (AvgIpc) is 2.61. The van der Waals surface area contributed by atoms with Gasteiger partial charge in [0.25, 0.3) is 5.91 Å². The van der Waals surface area contributed by atoms with Gasteiger partial charge in [-0.15, -0.1) is 12.4 Å². The Morgan fingerprint density at radius 2 is 1.95 bits per heavy atom. The molecule has 1 aliphatic carbocycles. The standard InChI is InChI=1S/C18H26N2O.ClH/c1-12-5-6-13(19)7-15(12)16(21)20-11-18(4)9-14(20)8-17(2,3)10-18;/h5-7,14H,8-11,19H2,1-4H3;1H. The smallest absolute Gasteiger partial charge is 0.254 e. The lowest BCUT2D eigenvalue weighted by Gasteiger charge is -2.39. The van der Waals surface area contributed by atoms with Gasteiger partial charge in [0.1, 0.15) is 0 Å². The molecule has 1 aliphatic heterocycles. The summed E-state index contributed by atoms with van der Waals surface area (Å²) in [6.07, 6.45) is 3.45. The largest absolute Gasteiger partial charge is 0.399 e. The molecule has 1 aromatic rings. The van der Waals surface area contributed by atoms with E-state index in [4.69, 9.17) is 5.73 Å². The summed E-state index contributed by atoms with van der Waals surface area (Å²) < 4.78 is 0. The first-order valence-corrected chi connectivity index (χ1v) is 7.86. The van der Waals surface area contributed by atoms with Crippen LogP contribution in [0.5, 0.6) is 0 Å². The van der Waals surface area contributed by atoms with E-state index in [1.54, 1.807) is 0 Å². The molecule has 2 atom stereocenters. The number of anilines is 1. The Kier molecular flexibility index (Phi) is 4.25. The Labute approximate surface area is 139 Å². The molecule has 0 radical (unpaired) electrons. The zero-order valence-electron chi connectivity index (χ0n) is 14.0. The molecule has 3 nitrogen and oxygen atoms in total. The van der Waals surface area contributed by atoms with Crippen LogP contribution in [0.4, 0.5) is 5.69 Å². The molecule has 2 N–H and O–H groups in total. The van der Waals surface area contributed by atoms with Crippen LogP contribution in [0.1, 0.15) is 56.0 Å². The molecule has 2 bridgehead atoms. The minimum Gasteiger partial charge on any atom is -0.399 e. The monoisotopic (exact) mass is 322 g/mol. The summed E-state index contributed by atoms with van der Waals surface area (Å²) in [4.78, 5) is 15.1. The Bertz CT molecular complexity index is 599. The number of carbonyl (C=O) groups is 1. The van der Waals surface area contributed by atoms with Gasteiger partial charge in [0.2, 0.25) is 0 Å². The highest BCUT2D eigenvalue weighted by atomic mass is 35.5. The average molecular weight is 323 g/mol. The third-order valence-electron chi connectivity index (χ3n) is 5.17. The van der Waals surface area contributed by atoms with E-state index in [2.05, 4.69) is 25.7 Å². The molecular formula is C18H27ClN2O. The lowest BCUT2D eigenvalue weighted by Crippen LogP contribution is -2.38. The first-order valence-electron chi connectivity index (χ1n) is 7.86. The molecular weight excluding hydrogens is 296 g/mol. The van der Waals surface area contributed by atoms with Crippen molar-refractivity contribution in [3.63, 3.8) is 0 Å². The first kappa shape index (κ1) is 17.1. The van der Waals surface area contributed by atoms with E-state index in [1.165, 1.54) is 6.42 Å². The number of halogens is 1. The maximum atomic E-state index is 13.0. The van der Waals surface area contributed by atoms with Gasteiger partial charge in [-0.3, -0.25) is 4.79 Å². The number of hydrogen-bond acceptors (Lipinski definition) is 2. The lowest BCUT2D eigenvalue weighted by atomic mass is 9.65. The van der Waals surface area contributed by atoms with Crippen molar-refractivity contribution in [1.82, 2.24) is 4.90 Å². The minimum atomic E-state index is 0. The highest BCUT2D eigenvalue weighted by Crippen LogP contribution is 2.52. The maximum Gasteiger partial charge on any atom is 0.254 e. The predicted octanol–water partition coefficient (Wildman–Crippen LogP) is 4.04. The zero-order valence-corrected chi connectivity index (χ0v) is 14.8. The van der Waals surface area contributed by atoms with Crippen LogP contribution < -0.4 is 5.73 Å². The van der Waals surface area contributed by atoms with Crippen LogP contribution in [-0.2, 0) is 0 Å². The summed E-state index contributed by atoms with van der Waals surface area (Å²) >= 11 is 0. The Hall–Kier alpha value is -1.22. The summed E-state index contributed by atoms with van der Waals surface area (Å²) in [6.45, 7) is 9.86. The van der Waals surface area contributed by atoms with Crippen molar-refractivity contribution in [3.8, 4) is 0 Å². The number of benzene rings is 1. The topological polar surface area (TPSA) is 46.3 Å². The van der Waals surface area contributed by atoms with Crippen LogP contribution in [0.2, 0.25) is 0 Å². The van der Waals surface area contributed by atoms with Gasteiger partial charge in [0, 0.05) is 23.8 Å². The van der Waals surface area contributed by atoms with E-state index in [-0.39, 0.29) is 23.7 Å². The van der Waals surface area contributed by atoms with E-state index in [0.29, 0.717) is 17.1 Å². The van der Waals surface area contributed by atoms with Gasteiger partial charge in [-0.25, -0.2) is 0 Å². The van der Waals surface area contributed by atoms with E-state index in [9.17, 15) is 4.79 Å². The van der Waals surface area contributed by atoms with Crippen LogP contribution in [0.3, 0.4) is 0 Å². The fraction of sp³-hybridized carbons (Fsp3) is 0.611. The molecule has 122 valence electrons. The fourth-order valence-corrected chi connectivity index (χ4v) is 4.72. The van der Waals surface area contributed by atoms with Crippen LogP contribution >= 0.6 is 12.4 Å². The van der Waals surface area contributed by atoms with E-state index in [0.717, 1.165) is 30.5 Å². The summed E-state index contributed by atoms with van der Waals surface area (Å²) in [5.41, 5.74) is 8.92. The van der Waals surface area contributed by atoms with Crippen LogP contribution in [0.25, 0.3) is 0 Å². The second-order valence-corrected chi connectivity index (χ2v) is 8.22. The maximum absolute atomic E-state index is 13.0. The summed E-state index contributed by atoms with van der Waals surface area (Å²) in [7, 11) is 0. The molecule has 22 heavy (non-hydrogen) atoms. The van der Waals surface area contributed by atoms with Crippen molar-refractivity contribution >= 4 is 24.0 Å². The molecule has 2 aliphatic rings. The number of nitrogens with zero attached hydrogens (tertiary/aromatic N) is 1. The first-order chi connectivity index (χ1) is 9.69. The number of aryl methyl sites for hydroxylation is 1. The number of nitrogen functional groups attached to an aromatic ring is 1. The third kappa shape index (κ3) is 2.96. The molecule has 3 rings (SSSR count). The number of likely N-dealkylation sites (tertiary alicyclic amines) is 1. The number of carbonyl (C=O) groups excluding carboxylic acids is 1. The molecule has 0 aromatic heterocycles. The second-order valence-electron chi connectivity index (χ2n) is 8.22. The third-order valence-corrected chi connectivity index (χ3v) is 5.17. The summed E-state index contributed by atoms with van der Waals surface area (Å²) in [5.74, 6) is 0.159. The molecule has 1 saturated heterocycles. The van der Waals surface area contributed by atoms with Gasteiger partial charge < -0.3 is 10.6 Å². The predicted molar refractivity (Wildman–Crippen MR) is 93.4 cm³/mol. The SMILES string of the molecule is Cc1ccc(N)cc1C(=O)N1CC2(C)CC1CC(C)(C)C2.Cl. The quantitative estimate of drug-likeness (QED) is 0.793. The molecule has 4 heteroatoms. The van der Waals surface area contributed by atoms with E-state index >= 15 is 0 Å². The Balaban J connectivity index is 0.00000176. The number of amides is 1. The van der Waals surface area contributed by atoms with Crippen molar-refractivity contribution in [2.45, 2.75) is 53.0 Å². The van der Waals surface area contributed by atoms with Gasteiger partial charge in [-0.1, -0.05) is 26.8 Å². The summed E-state index contributed by atoms with van der Waals surface area (Å²) in [6, 6.07) is 6.01. The van der Waals surface area contributed by atoms with Crippen molar-refractivity contribution in [1.29, 1.82) is 0 Å². The number of nitrogens with two attached hydrogens (primary N) is 1. The molecule has 1 heterocycles. The minimum absolute atomic E-state index is 0. The second kappa shape index (κ2) is 5.45. The molecule has 1 amide bonds. The normalized spacial score (nSPS) is 29.1. The highest BCUT2D eigenvalue weighted by Gasteiger charge is 2.51. The summed E-state index contributed by atoms with van der Waals surface area (Å²) in [5, 5.41) is 0. The number of hydrogen-bond donors (Lipinski definition) is 1. The fourth-order valence-electron chi connectivity index (χ4n) is 4.72. The molecule has 0 spiro atoms. The van der Waals surface area contributed by atoms with Crippen LogP contribution in [0.15, 0.2) is 18.2 Å². The van der Waals surface area contributed by atoms with Gasteiger partial charge in [0.05, 0.1) is 0 Å². The van der Waals surface area contributed by atoms with Crippen LogP contribution in [0, 0.1) is 17.8 Å². The highest BCUT2D eigenvalue weighted by molar-refractivity contribution is 5.97. The van der Waals surface area contributed by atoms with Crippen molar-refractivity contribution in [2.75, 3.05) is 12.3 Å². The lowest BCUT2D eigenvalue weighted by molar-refractivity contribution is 0.0707. The van der Waals surface area contributed by atoms with Gasteiger partial charge in [0.15, 0.2) is 0 Å².